The highest BCUT2D eigenvalue weighted by atomic mass is 32.2. The van der Waals surface area contributed by atoms with Gasteiger partial charge < -0.3 is 0 Å². The number of rotatable bonds is 3. The molecule has 0 amide bonds. The van der Waals surface area contributed by atoms with Gasteiger partial charge in [-0.15, -0.1) is 6.58 Å². The topological polar surface area (TPSA) is 60.2 Å². The van der Waals surface area contributed by atoms with Crippen LogP contribution >= 0.6 is 0 Å². The van der Waals surface area contributed by atoms with Gasteiger partial charge >= 0.3 is 0 Å². The van der Waals surface area contributed by atoms with E-state index in [0.29, 0.717) is 0 Å². The van der Waals surface area contributed by atoms with Crippen molar-refractivity contribution in [2.75, 3.05) is 0 Å². The molecule has 0 aliphatic heterocycles. The maximum Gasteiger partial charge on any atom is 0.212 e. The van der Waals surface area contributed by atoms with Gasteiger partial charge in [-0.2, -0.15) is 0 Å². The Bertz CT molecular complexity index is 258. The third-order valence-electron chi connectivity index (χ3n) is 2.48. The predicted molar refractivity (Wildman–Crippen MR) is 49.1 cm³/mol. The average molecular weight is 189 g/mol. The van der Waals surface area contributed by atoms with Gasteiger partial charge in [-0.3, -0.25) is 0 Å². The number of hydrogen-bond acceptors (Lipinski definition) is 2. The fourth-order valence-electron chi connectivity index (χ4n) is 1.92. The molecule has 0 aromatic rings. The van der Waals surface area contributed by atoms with Crippen molar-refractivity contribution >= 4 is 10.0 Å². The lowest BCUT2D eigenvalue weighted by atomic mass is 10.0. The highest BCUT2D eigenvalue weighted by Crippen LogP contribution is 2.32. The molecule has 70 valence electrons. The monoisotopic (exact) mass is 189 g/mol. The zero-order chi connectivity index (χ0) is 9.19. The number of primary sulfonamides is 1. The van der Waals surface area contributed by atoms with Gasteiger partial charge in [0.15, 0.2) is 0 Å². The van der Waals surface area contributed by atoms with Crippen molar-refractivity contribution in [3.63, 3.8) is 0 Å². The Morgan fingerprint density at radius 3 is 2.67 bits per heavy atom. The van der Waals surface area contributed by atoms with Gasteiger partial charge in [-0.1, -0.05) is 12.5 Å². The van der Waals surface area contributed by atoms with Crippen LogP contribution in [0.4, 0.5) is 0 Å². The van der Waals surface area contributed by atoms with E-state index in [0.717, 1.165) is 25.7 Å². The predicted octanol–water partition coefficient (Wildman–Crippen LogP) is 1.02. The lowest BCUT2D eigenvalue weighted by molar-refractivity contribution is 0.522. The van der Waals surface area contributed by atoms with Gasteiger partial charge in [0.2, 0.25) is 10.0 Å². The smallest absolute Gasteiger partial charge is 0.212 e. The van der Waals surface area contributed by atoms with Crippen LogP contribution in [0.25, 0.3) is 0 Å². The molecule has 0 bridgehead atoms. The van der Waals surface area contributed by atoms with Crippen molar-refractivity contribution in [2.24, 2.45) is 11.1 Å². The number of sulfonamides is 1. The Balaban J connectivity index is 2.70. The molecule has 2 N–H and O–H groups in total. The van der Waals surface area contributed by atoms with Gasteiger partial charge in [0.25, 0.3) is 0 Å². The van der Waals surface area contributed by atoms with Gasteiger partial charge in [0.1, 0.15) is 0 Å². The average Bonchev–Trinajstić information content (AvgIpc) is 2.34. The Hall–Kier alpha value is -0.350. The van der Waals surface area contributed by atoms with Crippen LogP contribution in [0.3, 0.4) is 0 Å². The molecular formula is C8H15NO2S. The van der Waals surface area contributed by atoms with Crippen molar-refractivity contribution in [3.8, 4) is 0 Å². The fraction of sp³-hybridized carbons (Fsp3) is 0.750. The van der Waals surface area contributed by atoms with Crippen LogP contribution in [0.1, 0.15) is 25.7 Å². The van der Waals surface area contributed by atoms with Gasteiger partial charge in [0, 0.05) is 0 Å². The summed E-state index contributed by atoms with van der Waals surface area (Å²) in [7, 11) is -3.32. The summed E-state index contributed by atoms with van der Waals surface area (Å²) in [6.45, 7) is 3.61. The first-order chi connectivity index (χ1) is 5.55. The molecule has 0 aromatic heterocycles. The van der Waals surface area contributed by atoms with Gasteiger partial charge in [0.05, 0.1) is 5.25 Å². The maximum atomic E-state index is 11.1. The highest BCUT2D eigenvalue weighted by molar-refractivity contribution is 7.89. The lowest BCUT2D eigenvalue weighted by Crippen LogP contribution is -2.31. The third-order valence-corrected chi connectivity index (χ3v) is 3.95. The molecule has 12 heavy (non-hydrogen) atoms. The van der Waals surface area contributed by atoms with E-state index in [1.165, 1.54) is 0 Å². The molecule has 1 saturated carbocycles. The zero-order valence-corrected chi connectivity index (χ0v) is 7.89. The Kier molecular flexibility index (Phi) is 2.90. The zero-order valence-electron chi connectivity index (χ0n) is 7.07. The molecule has 1 rings (SSSR count). The van der Waals surface area contributed by atoms with E-state index in [2.05, 4.69) is 6.58 Å². The largest absolute Gasteiger partial charge is 0.228 e. The van der Waals surface area contributed by atoms with Crippen LogP contribution in [0.15, 0.2) is 12.7 Å². The first-order valence-corrected chi connectivity index (χ1v) is 5.79. The van der Waals surface area contributed by atoms with E-state index in [9.17, 15) is 8.42 Å². The summed E-state index contributed by atoms with van der Waals surface area (Å²) in [4.78, 5) is 0. The molecule has 0 heterocycles. The Morgan fingerprint density at radius 2 is 2.17 bits per heavy atom. The van der Waals surface area contributed by atoms with Crippen LogP contribution in [0.2, 0.25) is 0 Å². The molecule has 0 saturated heterocycles. The quantitative estimate of drug-likeness (QED) is 0.674. The number of nitrogens with two attached hydrogens (primary N) is 1. The number of hydrogen-bond donors (Lipinski definition) is 1. The minimum absolute atomic E-state index is 0.206. The van der Waals surface area contributed by atoms with E-state index in [-0.39, 0.29) is 11.2 Å². The summed E-state index contributed by atoms with van der Waals surface area (Å²) < 4.78 is 22.1. The summed E-state index contributed by atoms with van der Waals surface area (Å²) >= 11 is 0. The van der Waals surface area contributed by atoms with Crippen molar-refractivity contribution in [2.45, 2.75) is 30.9 Å². The summed E-state index contributed by atoms with van der Waals surface area (Å²) in [6, 6.07) is 0. The van der Waals surface area contributed by atoms with E-state index < -0.39 is 10.0 Å². The van der Waals surface area contributed by atoms with E-state index in [1.54, 1.807) is 6.08 Å². The molecular weight excluding hydrogens is 174 g/mol. The molecule has 1 aliphatic carbocycles. The number of allylic oxidation sites excluding steroid dienone is 1. The molecule has 1 fully saturated rings. The van der Waals surface area contributed by atoms with Crippen LogP contribution in [-0.4, -0.2) is 13.7 Å². The molecule has 0 unspecified atom stereocenters. The molecule has 4 heteroatoms. The standard InChI is InChI=1S/C8H15NO2S/c1-2-4-7-5-3-6-8(7)12(9,10)11/h2,7-8H,1,3-6H2,(H2,9,10,11)/t7-,8+/m0/s1. The van der Waals surface area contributed by atoms with Crippen molar-refractivity contribution < 1.29 is 8.42 Å². The van der Waals surface area contributed by atoms with Crippen LogP contribution < -0.4 is 5.14 Å². The molecule has 1 aliphatic rings. The Labute approximate surface area is 73.7 Å². The van der Waals surface area contributed by atoms with Gasteiger partial charge in [-0.25, -0.2) is 13.6 Å². The molecule has 0 aromatic carbocycles. The first kappa shape index (κ1) is 9.74. The summed E-state index contributed by atoms with van der Waals surface area (Å²) in [6.07, 6.45) is 5.19. The summed E-state index contributed by atoms with van der Waals surface area (Å²) in [5, 5.41) is 4.78. The third kappa shape index (κ3) is 2.08. The van der Waals surface area contributed by atoms with Crippen molar-refractivity contribution in [1.82, 2.24) is 0 Å². The highest BCUT2D eigenvalue weighted by Gasteiger charge is 2.34. The summed E-state index contributed by atoms with van der Waals surface area (Å²) in [5.74, 6) is 0.206. The van der Waals surface area contributed by atoms with Crippen molar-refractivity contribution in [1.29, 1.82) is 0 Å². The van der Waals surface area contributed by atoms with Crippen LogP contribution in [-0.2, 0) is 10.0 Å². The minimum Gasteiger partial charge on any atom is -0.228 e. The minimum atomic E-state index is -3.32. The maximum absolute atomic E-state index is 11.1. The van der Waals surface area contributed by atoms with Crippen molar-refractivity contribution in [3.05, 3.63) is 12.7 Å². The second-order valence-corrected chi connectivity index (χ2v) is 5.13. The Morgan fingerprint density at radius 1 is 1.50 bits per heavy atom. The second kappa shape index (κ2) is 3.58. The lowest BCUT2D eigenvalue weighted by Gasteiger charge is -2.14. The SMILES string of the molecule is C=CC[C@H]1CCC[C@H]1S(N)(=O)=O. The van der Waals surface area contributed by atoms with E-state index in [4.69, 9.17) is 5.14 Å². The van der Waals surface area contributed by atoms with Gasteiger partial charge in [-0.05, 0) is 25.2 Å². The summed E-state index contributed by atoms with van der Waals surface area (Å²) in [5.41, 5.74) is 0. The second-order valence-electron chi connectivity index (χ2n) is 3.34. The van der Waals surface area contributed by atoms with E-state index in [1.807, 2.05) is 0 Å². The molecule has 0 spiro atoms. The normalized spacial score (nSPS) is 30.4. The molecule has 0 radical (unpaired) electrons. The van der Waals surface area contributed by atoms with Crippen LogP contribution in [0.5, 0.6) is 0 Å². The molecule has 2 atom stereocenters. The van der Waals surface area contributed by atoms with E-state index >= 15 is 0 Å². The molecule has 3 nitrogen and oxygen atoms in total. The van der Waals surface area contributed by atoms with Crippen LogP contribution in [0, 0.1) is 5.92 Å². The fourth-order valence-corrected chi connectivity index (χ4v) is 3.20. The first-order valence-electron chi connectivity index (χ1n) is 4.18.